The van der Waals surface area contributed by atoms with Crippen molar-refractivity contribution in [3.05, 3.63) is 60.1 Å². The zero-order chi connectivity index (χ0) is 23.6. The summed E-state index contributed by atoms with van der Waals surface area (Å²) in [5.74, 6) is 0.0383. The lowest BCUT2D eigenvalue weighted by Gasteiger charge is -2.21. The van der Waals surface area contributed by atoms with Crippen LogP contribution in [0.5, 0.6) is 0 Å². The lowest BCUT2D eigenvalue weighted by molar-refractivity contribution is -0.137. The molecule has 0 aliphatic carbocycles. The number of imidazole rings is 1. The van der Waals surface area contributed by atoms with Crippen molar-refractivity contribution in [2.75, 3.05) is 0 Å². The van der Waals surface area contributed by atoms with Crippen molar-refractivity contribution < 1.29 is 14.3 Å². The third-order valence-electron chi connectivity index (χ3n) is 5.21. The highest BCUT2D eigenvalue weighted by Gasteiger charge is 2.26. The standard InChI is InChI=1S/C26H36FN3O2/c1-5-11-21(27)12-10-13-22-24(20-15-17-28-18-16-20)29-25(26(2,3)4)30(22)19-9-7-6-8-14-23(31)32/h10-12,15-18H,5-9,13-14,19H2,1-4H3,(H,31,32)/b12-10-,21-11+. The maximum atomic E-state index is 13.9. The SMILES string of the molecule is CC/C=C(F)\C=C/Cc1c(-c2ccncc2)nc(C(C)(C)C)n1CCCCCCC(=O)O. The second-order valence-electron chi connectivity index (χ2n) is 9.03. The van der Waals surface area contributed by atoms with Crippen molar-refractivity contribution in [1.82, 2.24) is 14.5 Å². The van der Waals surface area contributed by atoms with Gasteiger partial charge >= 0.3 is 5.97 Å². The number of nitrogens with zero attached hydrogens (tertiary/aromatic N) is 3. The van der Waals surface area contributed by atoms with E-state index in [2.05, 4.69) is 30.3 Å². The normalized spacial score (nSPS) is 12.6. The number of halogens is 1. The van der Waals surface area contributed by atoms with Crippen molar-refractivity contribution in [2.45, 2.75) is 84.6 Å². The van der Waals surface area contributed by atoms with Crippen LogP contribution in [0.25, 0.3) is 11.3 Å². The third-order valence-corrected chi connectivity index (χ3v) is 5.21. The fourth-order valence-electron chi connectivity index (χ4n) is 3.69. The van der Waals surface area contributed by atoms with E-state index >= 15 is 0 Å². The minimum absolute atomic E-state index is 0.152. The predicted octanol–water partition coefficient (Wildman–Crippen LogP) is 6.64. The first kappa shape index (κ1) is 25.5. The smallest absolute Gasteiger partial charge is 0.303 e. The molecule has 32 heavy (non-hydrogen) atoms. The molecule has 0 bridgehead atoms. The van der Waals surface area contributed by atoms with Crippen LogP contribution >= 0.6 is 0 Å². The summed E-state index contributed by atoms with van der Waals surface area (Å²) in [6.45, 7) is 9.17. The Morgan fingerprint density at radius 2 is 1.84 bits per heavy atom. The molecule has 0 atom stereocenters. The molecule has 0 aliphatic rings. The minimum atomic E-state index is -0.741. The monoisotopic (exact) mass is 441 g/mol. The van der Waals surface area contributed by atoms with Crippen molar-refractivity contribution in [3.63, 3.8) is 0 Å². The quantitative estimate of drug-likeness (QED) is 0.296. The van der Waals surface area contributed by atoms with Crippen LogP contribution in [-0.4, -0.2) is 25.6 Å². The van der Waals surface area contributed by atoms with Crippen LogP contribution < -0.4 is 0 Å². The molecule has 0 unspecified atom stereocenters. The second-order valence-corrected chi connectivity index (χ2v) is 9.03. The fourth-order valence-corrected chi connectivity index (χ4v) is 3.69. The molecule has 0 aliphatic heterocycles. The molecular weight excluding hydrogens is 405 g/mol. The molecule has 174 valence electrons. The van der Waals surface area contributed by atoms with Gasteiger partial charge in [0.1, 0.15) is 11.7 Å². The number of aliphatic carboxylic acids is 1. The average molecular weight is 442 g/mol. The second kappa shape index (κ2) is 12.3. The van der Waals surface area contributed by atoms with Gasteiger partial charge in [0.2, 0.25) is 0 Å². The average Bonchev–Trinajstić information content (AvgIpc) is 3.10. The number of hydrogen-bond donors (Lipinski definition) is 1. The van der Waals surface area contributed by atoms with E-state index < -0.39 is 5.97 Å². The van der Waals surface area contributed by atoms with Gasteiger partial charge in [0.15, 0.2) is 0 Å². The molecular formula is C26H36FN3O2. The molecule has 0 saturated heterocycles. The largest absolute Gasteiger partial charge is 0.481 e. The number of carbonyl (C=O) groups is 1. The van der Waals surface area contributed by atoms with Crippen LogP contribution in [0.15, 0.2) is 48.6 Å². The number of allylic oxidation sites excluding steroid dienone is 4. The maximum Gasteiger partial charge on any atom is 0.303 e. The Hall–Kier alpha value is -2.76. The lowest BCUT2D eigenvalue weighted by atomic mass is 9.95. The topological polar surface area (TPSA) is 68.0 Å². The van der Waals surface area contributed by atoms with Crippen LogP contribution in [0.2, 0.25) is 0 Å². The highest BCUT2D eigenvalue weighted by molar-refractivity contribution is 5.66. The highest BCUT2D eigenvalue weighted by Crippen LogP contribution is 2.31. The van der Waals surface area contributed by atoms with Crippen LogP contribution in [0.4, 0.5) is 4.39 Å². The van der Waals surface area contributed by atoms with Gasteiger partial charge in [-0.25, -0.2) is 9.37 Å². The summed E-state index contributed by atoms with van der Waals surface area (Å²) in [5.41, 5.74) is 2.82. The minimum Gasteiger partial charge on any atom is -0.481 e. The summed E-state index contributed by atoms with van der Waals surface area (Å²) in [5, 5.41) is 8.82. The zero-order valence-corrected chi connectivity index (χ0v) is 19.8. The zero-order valence-electron chi connectivity index (χ0n) is 19.8. The number of carboxylic acids is 1. The van der Waals surface area contributed by atoms with Gasteiger partial charge in [-0.05, 0) is 43.5 Å². The summed E-state index contributed by atoms with van der Waals surface area (Å²) in [7, 11) is 0. The van der Waals surface area contributed by atoms with Crippen molar-refractivity contribution >= 4 is 5.97 Å². The number of unbranched alkanes of at least 4 members (excludes halogenated alkanes) is 3. The first-order chi connectivity index (χ1) is 15.2. The molecule has 0 fully saturated rings. The van der Waals surface area contributed by atoms with Crippen molar-refractivity contribution in [2.24, 2.45) is 0 Å². The molecule has 6 heteroatoms. The number of pyridine rings is 1. The Morgan fingerprint density at radius 1 is 1.16 bits per heavy atom. The molecule has 2 rings (SSSR count). The third kappa shape index (κ3) is 7.74. The molecule has 0 amide bonds. The number of carboxylic acid groups (broad SMARTS) is 1. The van der Waals surface area contributed by atoms with Crippen LogP contribution in [0.3, 0.4) is 0 Å². The summed E-state index contributed by atoms with van der Waals surface area (Å²) in [6.07, 6.45) is 13.4. The molecule has 2 aromatic heterocycles. The van der Waals surface area contributed by atoms with Gasteiger partial charge in [-0.2, -0.15) is 0 Å². The van der Waals surface area contributed by atoms with E-state index in [1.807, 2.05) is 25.1 Å². The van der Waals surface area contributed by atoms with E-state index in [0.29, 0.717) is 19.3 Å². The molecule has 2 aromatic rings. The van der Waals surface area contributed by atoms with Gasteiger partial charge in [0, 0.05) is 48.5 Å². The Kier molecular flexibility index (Phi) is 9.82. The maximum absolute atomic E-state index is 13.9. The van der Waals surface area contributed by atoms with Crippen LogP contribution in [-0.2, 0) is 23.2 Å². The van der Waals surface area contributed by atoms with E-state index in [1.54, 1.807) is 18.5 Å². The molecule has 2 heterocycles. The molecule has 0 spiro atoms. The Morgan fingerprint density at radius 3 is 2.47 bits per heavy atom. The highest BCUT2D eigenvalue weighted by atomic mass is 19.1. The molecule has 1 N–H and O–H groups in total. The Labute approximate surface area is 191 Å². The van der Waals surface area contributed by atoms with Crippen molar-refractivity contribution in [1.29, 1.82) is 0 Å². The van der Waals surface area contributed by atoms with Gasteiger partial charge in [-0.1, -0.05) is 46.6 Å². The first-order valence-corrected chi connectivity index (χ1v) is 11.5. The molecule has 0 radical (unpaired) electrons. The number of hydrogen-bond acceptors (Lipinski definition) is 3. The van der Waals surface area contributed by atoms with Crippen molar-refractivity contribution in [3.8, 4) is 11.3 Å². The van der Waals surface area contributed by atoms with E-state index in [1.165, 1.54) is 6.08 Å². The Balaban J connectivity index is 2.35. The van der Waals surface area contributed by atoms with E-state index in [0.717, 1.165) is 48.6 Å². The van der Waals surface area contributed by atoms with Gasteiger partial charge in [-0.15, -0.1) is 0 Å². The number of rotatable bonds is 12. The number of aromatic nitrogens is 3. The first-order valence-electron chi connectivity index (χ1n) is 11.5. The fraction of sp³-hybridized carbons (Fsp3) is 0.500. The molecule has 0 saturated carbocycles. The lowest BCUT2D eigenvalue weighted by Crippen LogP contribution is -2.20. The van der Waals surface area contributed by atoms with Gasteiger partial charge in [0.25, 0.3) is 0 Å². The van der Waals surface area contributed by atoms with Gasteiger partial charge < -0.3 is 9.67 Å². The summed E-state index contributed by atoms with van der Waals surface area (Å²) < 4.78 is 16.2. The van der Waals surface area contributed by atoms with Gasteiger partial charge in [0.05, 0.1) is 5.69 Å². The summed E-state index contributed by atoms with van der Waals surface area (Å²) in [4.78, 5) is 19.9. The van der Waals surface area contributed by atoms with E-state index in [-0.39, 0.29) is 17.7 Å². The summed E-state index contributed by atoms with van der Waals surface area (Å²) in [6, 6.07) is 3.91. The molecule has 0 aromatic carbocycles. The van der Waals surface area contributed by atoms with Crippen LogP contribution in [0.1, 0.15) is 77.7 Å². The Bertz CT molecular complexity index is 925. The van der Waals surface area contributed by atoms with E-state index in [4.69, 9.17) is 10.1 Å². The van der Waals surface area contributed by atoms with E-state index in [9.17, 15) is 9.18 Å². The summed E-state index contributed by atoms with van der Waals surface area (Å²) >= 11 is 0. The predicted molar refractivity (Wildman–Crippen MR) is 127 cm³/mol. The van der Waals surface area contributed by atoms with Gasteiger partial charge in [-0.3, -0.25) is 9.78 Å². The molecule has 5 nitrogen and oxygen atoms in total. The van der Waals surface area contributed by atoms with Crippen LogP contribution in [0, 0.1) is 0 Å².